The molecule has 4 aromatic rings. The van der Waals surface area contributed by atoms with E-state index in [1.807, 2.05) is 23.6 Å². The molecule has 0 bridgehead atoms. The zero-order valence-electron chi connectivity index (χ0n) is 12.4. The van der Waals surface area contributed by atoms with E-state index in [1.165, 1.54) is 4.70 Å². The number of benzene rings is 2. The molecule has 114 valence electrons. The number of phenolic OH excluding ortho intramolecular Hbond substituents is 1. The summed E-state index contributed by atoms with van der Waals surface area (Å²) in [4.78, 5) is 0. The molecule has 0 saturated heterocycles. The number of methoxy groups -OCH3 is 1. The van der Waals surface area contributed by atoms with Crippen LogP contribution in [0.4, 0.5) is 0 Å². The number of thiophene rings is 2. The van der Waals surface area contributed by atoms with Crippen LogP contribution < -0.4 is 4.74 Å². The third-order valence-electron chi connectivity index (χ3n) is 3.82. The van der Waals surface area contributed by atoms with Gasteiger partial charge in [-0.2, -0.15) is 0 Å². The second kappa shape index (κ2) is 5.72. The van der Waals surface area contributed by atoms with Crippen molar-refractivity contribution in [1.29, 1.82) is 0 Å². The maximum atomic E-state index is 10.1. The van der Waals surface area contributed by atoms with Gasteiger partial charge in [-0.25, -0.2) is 0 Å². The number of aromatic hydroxyl groups is 1. The van der Waals surface area contributed by atoms with Crippen LogP contribution in [-0.4, -0.2) is 12.2 Å². The molecule has 0 atom stereocenters. The summed E-state index contributed by atoms with van der Waals surface area (Å²) in [5.74, 6) is 1.22. The van der Waals surface area contributed by atoms with Crippen LogP contribution in [0.2, 0.25) is 0 Å². The zero-order chi connectivity index (χ0) is 15.8. The number of fused-ring (bicyclic) bond motifs is 2. The summed E-state index contributed by atoms with van der Waals surface area (Å²) in [7, 11) is 1.70. The van der Waals surface area contributed by atoms with Gasteiger partial charge >= 0.3 is 0 Å². The molecular weight excluding hydrogens is 324 g/mol. The molecule has 1 N–H and O–H groups in total. The molecule has 0 aliphatic heterocycles. The van der Waals surface area contributed by atoms with E-state index >= 15 is 0 Å². The molecule has 0 amide bonds. The summed E-state index contributed by atoms with van der Waals surface area (Å²) in [6, 6.07) is 12.1. The van der Waals surface area contributed by atoms with E-state index in [0.29, 0.717) is 5.75 Å². The first-order chi connectivity index (χ1) is 11.2. The Morgan fingerprint density at radius 1 is 0.870 bits per heavy atom. The van der Waals surface area contributed by atoms with Crippen molar-refractivity contribution in [1.82, 2.24) is 0 Å². The van der Waals surface area contributed by atoms with Gasteiger partial charge in [0, 0.05) is 20.2 Å². The van der Waals surface area contributed by atoms with E-state index in [1.54, 1.807) is 35.8 Å². The first-order valence-electron chi connectivity index (χ1n) is 7.18. The van der Waals surface area contributed by atoms with Gasteiger partial charge < -0.3 is 9.84 Å². The molecule has 0 aliphatic carbocycles. The lowest BCUT2D eigenvalue weighted by Gasteiger charge is -2.04. The Morgan fingerprint density at radius 3 is 2.17 bits per heavy atom. The highest BCUT2D eigenvalue weighted by molar-refractivity contribution is 7.17. The molecular formula is C19H14O2S2. The summed E-state index contributed by atoms with van der Waals surface area (Å²) in [6.07, 6.45) is 4.07. The summed E-state index contributed by atoms with van der Waals surface area (Å²) < 4.78 is 7.78. The fraction of sp³-hybridized carbons (Fsp3) is 0.0526. The van der Waals surface area contributed by atoms with Crippen LogP contribution in [0.3, 0.4) is 0 Å². The van der Waals surface area contributed by atoms with Crippen LogP contribution in [0.5, 0.6) is 11.5 Å². The maximum Gasteiger partial charge on any atom is 0.128 e. The largest absolute Gasteiger partial charge is 0.507 e. The van der Waals surface area contributed by atoms with E-state index in [2.05, 4.69) is 29.7 Å². The topological polar surface area (TPSA) is 29.5 Å². The average Bonchev–Trinajstić information content (AvgIpc) is 3.20. The highest BCUT2D eigenvalue weighted by atomic mass is 32.1. The van der Waals surface area contributed by atoms with Crippen LogP contribution in [0, 0.1) is 0 Å². The van der Waals surface area contributed by atoms with Crippen molar-refractivity contribution in [2.75, 3.05) is 7.11 Å². The van der Waals surface area contributed by atoms with Crippen molar-refractivity contribution in [3.63, 3.8) is 0 Å². The second-order valence-electron chi connectivity index (χ2n) is 5.26. The molecule has 0 aliphatic rings. The van der Waals surface area contributed by atoms with E-state index in [-0.39, 0.29) is 0 Å². The first-order valence-corrected chi connectivity index (χ1v) is 8.94. The molecule has 23 heavy (non-hydrogen) atoms. The van der Waals surface area contributed by atoms with E-state index in [0.717, 1.165) is 32.3 Å². The predicted octanol–water partition coefficient (Wildman–Crippen LogP) is 6.00. The van der Waals surface area contributed by atoms with Crippen molar-refractivity contribution in [3.05, 3.63) is 58.3 Å². The van der Waals surface area contributed by atoms with Crippen LogP contribution in [-0.2, 0) is 0 Å². The van der Waals surface area contributed by atoms with Gasteiger partial charge in [0.15, 0.2) is 0 Å². The van der Waals surface area contributed by atoms with Gasteiger partial charge in [0.1, 0.15) is 11.5 Å². The fourth-order valence-electron chi connectivity index (χ4n) is 2.69. The molecule has 2 aromatic carbocycles. The maximum absolute atomic E-state index is 10.1. The Kier molecular flexibility index (Phi) is 3.56. The second-order valence-corrected chi connectivity index (χ2v) is 7.16. The summed E-state index contributed by atoms with van der Waals surface area (Å²) >= 11 is 3.34. The molecule has 0 radical (unpaired) electrons. The van der Waals surface area contributed by atoms with Gasteiger partial charge in [0.25, 0.3) is 0 Å². The van der Waals surface area contributed by atoms with Crippen molar-refractivity contribution >= 4 is 55.0 Å². The smallest absolute Gasteiger partial charge is 0.128 e. The normalized spacial score (nSPS) is 11.7. The van der Waals surface area contributed by atoms with Crippen LogP contribution >= 0.6 is 22.7 Å². The minimum absolute atomic E-state index is 0.328. The Bertz CT molecular complexity index is 1020. The zero-order valence-corrected chi connectivity index (χ0v) is 14.1. The molecule has 4 heteroatoms. The molecule has 2 aromatic heterocycles. The minimum Gasteiger partial charge on any atom is -0.507 e. The van der Waals surface area contributed by atoms with Gasteiger partial charge in [-0.1, -0.05) is 12.2 Å². The Balaban J connectivity index is 1.74. The lowest BCUT2D eigenvalue weighted by Crippen LogP contribution is -1.84. The number of ether oxygens (including phenoxy) is 1. The fourth-order valence-corrected chi connectivity index (χ4v) is 4.39. The molecule has 0 fully saturated rings. The summed E-state index contributed by atoms with van der Waals surface area (Å²) in [5.41, 5.74) is 2.07. The molecule has 0 unspecified atom stereocenters. The van der Waals surface area contributed by atoms with Gasteiger partial charge in [-0.15, -0.1) is 22.7 Å². The molecule has 0 saturated carbocycles. The number of hydrogen-bond acceptors (Lipinski definition) is 4. The van der Waals surface area contributed by atoms with Crippen LogP contribution in [0.25, 0.3) is 32.3 Å². The van der Waals surface area contributed by atoms with Crippen molar-refractivity contribution in [2.45, 2.75) is 0 Å². The van der Waals surface area contributed by atoms with Crippen molar-refractivity contribution < 1.29 is 9.84 Å². The van der Waals surface area contributed by atoms with E-state index < -0.39 is 0 Å². The Morgan fingerprint density at radius 2 is 1.48 bits per heavy atom. The van der Waals surface area contributed by atoms with Crippen LogP contribution in [0.1, 0.15) is 11.1 Å². The summed E-state index contributed by atoms with van der Waals surface area (Å²) in [6.45, 7) is 0. The number of phenols is 1. The van der Waals surface area contributed by atoms with Gasteiger partial charge in [-0.3, -0.25) is 0 Å². The third kappa shape index (κ3) is 2.60. The van der Waals surface area contributed by atoms with E-state index in [9.17, 15) is 5.11 Å². The average molecular weight is 338 g/mol. The SMILES string of the molecule is COc1cc(/C=C\c2cc(O)c3ccsc3c2)cc2sccc12. The van der Waals surface area contributed by atoms with Gasteiger partial charge in [0.05, 0.1) is 7.11 Å². The van der Waals surface area contributed by atoms with Gasteiger partial charge in [0.2, 0.25) is 0 Å². The molecule has 2 heterocycles. The lowest BCUT2D eigenvalue weighted by atomic mass is 10.1. The Labute approximate surface area is 141 Å². The third-order valence-corrected chi connectivity index (χ3v) is 5.54. The van der Waals surface area contributed by atoms with Crippen molar-refractivity contribution in [2.24, 2.45) is 0 Å². The number of rotatable bonds is 3. The predicted molar refractivity (Wildman–Crippen MR) is 101 cm³/mol. The minimum atomic E-state index is 0.328. The quantitative estimate of drug-likeness (QED) is 0.464. The molecule has 4 rings (SSSR count). The summed E-state index contributed by atoms with van der Waals surface area (Å²) in [5, 5.41) is 16.2. The molecule has 0 spiro atoms. The standard InChI is InChI=1S/C19H14O2S2/c1-21-17-9-13(11-19-15(17)5-7-23-19)3-2-12-8-16(20)14-4-6-22-18(14)10-12/h2-11,20H,1H3/b3-2-. The highest BCUT2D eigenvalue weighted by Gasteiger charge is 2.05. The Hall–Kier alpha value is -2.30. The highest BCUT2D eigenvalue weighted by Crippen LogP contribution is 2.33. The van der Waals surface area contributed by atoms with Gasteiger partial charge in [-0.05, 0) is 58.3 Å². The van der Waals surface area contributed by atoms with Crippen LogP contribution in [0.15, 0.2) is 47.2 Å². The first kappa shape index (κ1) is 14.3. The van der Waals surface area contributed by atoms with E-state index in [4.69, 9.17) is 4.74 Å². The van der Waals surface area contributed by atoms with Crippen molar-refractivity contribution in [3.8, 4) is 11.5 Å². The number of hydrogen-bond donors (Lipinski definition) is 1. The lowest BCUT2D eigenvalue weighted by molar-refractivity contribution is 0.420. The monoisotopic (exact) mass is 338 g/mol. The molecule has 2 nitrogen and oxygen atoms in total.